The monoisotopic (exact) mass is 151 g/mol. The Morgan fingerprint density at radius 2 is 1.67 bits per heavy atom. The molecule has 0 unspecified atom stereocenters. The standard InChI is InChI=1S/C3H7NO.C2H3ClO/c1-4(2)3-5;1-2(3)4/h3H,1-2H3;1H3. The van der Waals surface area contributed by atoms with Crippen LogP contribution < -0.4 is 0 Å². The van der Waals surface area contributed by atoms with Gasteiger partial charge in [0.25, 0.3) is 0 Å². The maximum Gasteiger partial charge on any atom is 0.218 e. The van der Waals surface area contributed by atoms with Gasteiger partial charge in [-0.3, -0.25) is 9.59 Å². The van der Waals surface area contributed by atoms with Gasteiger partial charge >= 0.3 is 0 Å². The summed E-state index contributed by atoms with van der Waals surface area (Å²) in [6.07, 6.45) is 0.750. The van der Waals surface area contributed by atoms with Gasteiger partial charge in [-0.2, -0.15) is 0 Å². The zero-order valence-corrected chi connectivity index (χ0v) is 6.47. The summed E-state index contributed by atoms with van der Waals surface area (Å²) in [5.41, 5.74) is 0. The Balaban J connectivity index is 0. The Kier molecular flexibility index (Phi) is 9.29. The van der Waals surface area contributed by atoms with Crippen LogP contribution in [0.1, 0.15) is 6.92 Å². The molecule has 9 heavy (non-hydrogen) atoms. The van der Waals surface area contributed by atoms with E-state index in [0.717, 1.165) is 6.41 Å². The maximum atomic E-state index is 9.43. The van der Waals surface area contributed by atoms with Crippen LogP contribution in [0.2, 0.25) is 0 Å². The third-order valence-electron chi connectivity index (χ3n) is 0.211. The lowest BCUT2D eigenvalue weighted by Gasteiger charge is -1.93. The molecule has 0 saturated carbocycles. The fourth-order valence-corrected chi connectivity index (χ4v) is 0. The van der Waals surface area contributed by atoms with Gasteiger partial charge in [0, 0.05) is 21.0 Å². The Bertz CT molecular complexity index is 89.0. The zero-order chi connectivity index (χ0) is 7.86. The Morgan fingerprint density at radius 3 is 1.67 bits per heavy atom. The summed E-state index contributed by atoms with van der Waals surface area (Å²) in [6.45, 7) is 1.29. The first kappa shape index (κ1) is 11.3. The molecule has 0 aromatic heterocycles. The molecule has 0 aliphatic heterocycles. The lowest BCUT2D eigenvalue weighted by Crippen LogP contribution is -2.06. The third kappa shape index (κ3) is 107. The van der Waals surface area contributed by atoms with Gasteiger partial charge < -0.3 is 4.90 Å². The second-order valence-corrected chi connectivity index (χ2v) is 2.07. The zero-order valence-electron chi connectivity index (χ0n) is 5.72. The Hall–Kier alpha value is -0.570. The van der Waals surface area contributed by atoms with Crippen molar-refractivity contribution in [3.63, 3.8) is 0 Å². The smallest absolute Gasteiger partial charge is 0.218 e. The van der Waals surface area contributed by atoms with Crippen molar-refractivity contribution in [2.24, 2.45) is 0 Å². The summed E-state index contributed by atoms with van der Waals surface area (Å²) in [4.78, 5) is 20.1. The van der Waals surface area contributed by atoms with Gasteiger partial charge in [0.2, 0.25) is 11.7 Å². The van der Waals surface area contributed by atoms with Crippen molar-refractivity contribution in [2.45, 2.75) is 6.92 Å². The first-order chi connectivity index (χ1) is 4.00. The fraction of sp³-hybridized carbons (Fsp3) is 0.600. The van der Waals surface area contributed by atoms with Crippen LogP contribution in [0.5, 0.6) is 0 Å². The van der Waals surface area contributed by atoms with Crippen LogP contribution in [0, 0.1) is 0 Å². The molecule has 4 heteroatoms. The predicted octanol–water partition coefficient (Wildman–Crippen LogP) is 0.476. The molecule has 0 aliphatic carbocycles. The van der Waals surface area contributed by atoms with Gasteiger partial charge in [-0.15, -0.1) is 0 Å². The molecule has 0 spiro atoms. The molecule has 0 heterocycles. The van der Waals surface area contributed by atoms with Gasteiger partial charge in [-0.25, -0.2) is 0 Å². The van der Waals surface area contributed by atoms with Crippen molar-refractivity contribution < 1.29 is 9.59 Å². The summed E-state index contributed by atoms with van der Waals surface area (Å²) < 4.78 is 0. The fourth-order valence-electron chi connectivity index (χ4n) is 0. The molecule has 54 valence electrons. The molecular formula is C5H10ClNO2. The average molecular weight is 152 g/mol. The molecule has 3 nitrogen and oxygen atoms in total. The molecule has 0 aliphatic rings. The van der Waals surface area contributed by atoms with Crippen LogP contribution in [0.4, 0.5) is 0 Å². The van der Waals surface area contributed by atoms with Crippen LogP contribution in [-0.2, 0) is 9.59 Å². The molecule has 0 aromatic carbocycles. The molecule has 0 radical (unpaired) electrons. The Labute approximate surface area is 59.6 Å². The Morgan fingerprint density at radius 1 is 1.56 bits per heavy atom. The number of carbonyl (C=O) groups is 2. The van der Waals surface area contributed by atoms with Crippen molar-refractivity contribution in [3.05, 3.63) is 0 Å². The minimum absolute atomic E-state index is 0.361. The lowest BCUT2D eigenvalue weighted by molar-refractivity contribution is -0.116. The number of rotatable bonds is 1. The van der Waals surface area contributed by atoms with Crippen molar-refractivity contribution in [1.82, 2.24) is 4.90 Å². The van der Waals surface area contributed by atoms with Gasteiger partial charge in [0.1, 0.15) is 0 Å². The first-order valence-electron chi connectivity index (χ1n) is 2.28. The van der Waals surface area contributed by atoms with E-state index in [0.29, 0.717) is 0 Å². The molecule has 0 fully saturated rings. The molecule has 1 amide bonds. The van der Waals surface area contributed by atoms with E-state index in [1.54, 1.807) is 14.1 Å². The van der Waals surface area contributed by atoms with Gasteiger partial charge in [-0.1, -0.05) is 0 Å². The van der Waals surface area contributed by atoms with Crippen LogP contribution in [0.3, 0.4) is 0 Å². The van der Waals surface area contributed by atoms with Gasteiger partial charge in [0.15, 0.2) is 0 Å². The van der Waals surface area contributed by atoms with E-state index in [1.165, 1.54) is 11.8 Å². The van der Waals surface area contributed by atoms with E-state index in [1.807, 2.05) is 0 Å². The predicted molar refractivity (Wildman–Crippen MR) is 36.3 cm³/mol. The van der Waals surface area contributed by atoms with Crippen LogP contribution in [-0.4, -0.2) is 30.6 Å². The highest BCUT2D eigenvalue weighted by Crippen LogP contribution is 1.67. The van der Waals surface area contributed by atoms with Crippen LogP contribution in [0.25, 0.3) is 0 Å². The molecule has 0 N–H and O–H groups in total. The van der Waals surface area contributed by atoms with Crippen molar-refractivity contribution in [2.75, 3.05) is 14.1 Å². The van der Waals surface area contributed by atoms with E-state index in [9.17, 15) is 9.59 Å². The van der Waals surface area contributed by atoms with E-state index >= 15 is 0 Å². The summed E-state index contributed by atoms with van der Waals surface area (Å²) in [5, 5.41) is -0.361. The minimum atomic E-state index is -0.361. The minimum Gasteiger partial charge on any atom is -0.351 e. The van der Waals surface area contributed by atoms with E-state index in [-0.39, 0.29) is 5.24 Å². The second kappa shape index (κ2) is 7.43. The summed E-state index contributed by atoms with van der Waals surface area (Å²) >= 11 is 4.64. The van der Waals surface area contributed by atoms with Gasteiger partial charge in [0.05, 0.1) is 0 Å². The number of hydrogen-bond acceptors (Lipinski definition) is 2. The first-order valence-corrected chi connectivity index (χ1v) is 2.66. The second-order valence-electron chi connectivity index (χ2n) is 1.54. The molecule has 0 saturated heterocycles. The number of carbonyl (C=O) groups excluding carboxylic acids is 2. The molecule has 0 atom stereocenters. The molecule has 0 bridgehead atoms. The molecule has 0 rings (SSSR count). The lowest BCUT2D eigenvalue weighted by atomic mass is 10.9. The SMILES string of the molecule is CC(=O)Cl.CN(C)C=O. The average Bonchev–Trinajstić information content (AvgIpc) is 1.65. The van der Waals surface area contributed by atoms with E-state index in [2.05, 4.69) is 11.6 Å². The number of nitrogens with zero attached hydrogens (tertiary/aromatic N) is 1. The van der Waals surface area contributed by atoms with Crippen molar-refractivity contribution in [3.8, 4) is 0 Å². The van der Waals surface area contributed by atoms with Gasteiger partial charge in [-0.05, 0) is 11.6 Å². The van der Waals surface area contributed by atoms with Crippen molar-refractivity contribution >= 4 is 23.3 Å². The number of halogens is 1. The highest BCUT2D eigenvalue weighted by Gasteiger charge is 1.68. The molecule has 0 aromatic rings. The maximum absolute atomic E-state index is 9.43. The quantitative estimate of drug-likeness (QED) is 0.404. The largest absolute Gasteiger partial charge is 0.351 e. The van der Waals surface area contributed by atoms with Crippen LogP contribution in [0.15, 0.2) is 0 Å². The topological polar surface area (TPSA) is 37.4 Å². The highest BCUT2D eigenvalue weighted by molar-refractivity contribution is 6.62. The summed E-state index contributed by atoms with van der Waals surface area (Å²) in [5.74, 6) is 0. The highest BCUT2D eigenvalue weighted by atomic mass is 35.5. The number of hydrogen-bond donors (Lipinski definition) is 0. The summed E-state index contributed by atoms with van der Waals surface area (Å²) in [6, 6.07) is 0. The van der Waals surface area contributed by atoms with E-state index in [4.69, 9.17) is 0 Å². The van der Waals surface area contributed by atoms with Crippen LogP contribution >= 0.6 is 11.6 Å². The van der Waals surface area contributed by atoms with Crippen molar-refractivity contribution in [1.29, 1.82) is 0 Å². The van der Waals surface area contributed by atoms with E-state index < -0.39 is 0 Å². The number of amides is 1. The summed E-state index contributed by atoms with van der Waals surface area (Å²) in [7, 11) is 3.38. The molecular weight excluding hydrogens is 142 g/mol. The third-order valence-corrected chi connectivity index (χ3v) is 0.211. The normalized spacial score (nSPS) is 6.67.